The smallest absolute Gasteiger partial charge is 0.319 e. The molecule has 2 amide bonds. The van der Waals surface area contributed by atoms with E-state index in [9.17, 15) is 4.79 Å². The number of methoxy groups -OCH3 is 2. The number of urea groups is 1. The Balaban J connectivity index is 2.04. The Labute approximate surface area is 140 Å². The third kappa shape index (κ3) is 4.29. The van der Waals surface area contributed by atoms with Gasteiger partial charge in [0.05, 0.1) is 24.9 Å². The molecule has 0 aliphatic rings. The van der Waals surface area contributed by atoms with E-state index in [0.29, 0.717) is 28.8 Å². The number of amides is 2. The largest absolute Gasteiger partial charge is 0.493 e. The molecule has 2 N–H and O–H groups in total. The molecule has 0 saturated carbocycles. The van der Waals surface area contributed by atoms with Crippen molar-refractivity contribution in [2.45, 2.75) is 13.5 Å². The molecule has 6 heteroatoms. The fourth-order valence-corrected chi connectivity index (χ4v) is 2.30. The van der Waals surface area contributed by atoms with E-state index in [-0.39, 0.29) is 6.03 Å². The Kier molecular flexibility index (Phi) is 5.71. The summed E-state index contributed by atoms with van der Waals surface area (Å²) in [6, 6.07) is 10.7. The van der Waals surface area contributed by atoms with Gasteiger partial charge in [-0.1, -0.05) is 35.9 Å². The van der Waals surface area contributed by atoms with Gasteiger partial charge >= 0.3 is 6.03 Å². The molecule has 0 aliphatic heterocycles. The van der Waals surface area contributed by atoms with Crippen LogP contribution in [0.4, 0.5) is 10.5 Å². The lowest BCUT2D eigenvalue weighted by molar-refractivity contribution is 0.251. The first-order chi connectivity index (χ1) is 11.0. The Morgan fingerprint density at radius 3 is 2.43 bits per heavy atom. The van der Waals surface area contributed by atoms with Gasteiger partial charge in [0.1, 0.15) is 0 Å². The lowest BCUT2D eigenvalue weighted by Gasteiger charge is -2.13. The van der Waals surface area contributed by atoms with Gasteiger partial charge in [-0.25, -0.2) is 4.79 Å². The van der Waals surface area contributed by atoms with E-state index in [2.05, 4.69) is 10.6 Å². The number of aryl methyl sites for hydroxylation is 1. The minimum atomic E-state index is -0.345. The van der Waals surface area contributed by atoms with Crippen LogP contribution >= 0.6 is 11.6 Å². The first-order valence-electron chi connectivity index (χ1n) is 7.06. The first kappa shape index (κ1) is 17.0. The van der Waals surface area contributed by atoms with Gasteiger partial charge < -0.3 is 20.1 Å². The fourth-order valence-electron chi connectivity index (χ4n) is 2.10. The summed E-state index contributed by atoms with van der Waals surface area (Å²) in [6.45, 7) is 2.43. The zero-order valence-corrected chi connectivity index (χ0v) is 14.0. The molecule has 0 bridgehead atoms. The minimum absolute atomic E-state index is 0.345. The average Bonchev–Trinajstić information content (AvgIpc) is 2.55. The third-order valence-corrected chi connectivity index (χ3v) is 3.73. The van der Waals surface area contributed by atoms with Gasteiger partial charge in [-0.3, -0.25) is 0 Å². The number of hydrogen-bond acceptors (Lipinski definition) is 3. The molecule has 2 rings (SSSR count). The van der Waals surface area contributed by atoms with Crippen molar-refractivity contribution in [1.82, 2.24) is 5.32 Å². The molecule has 0 aliphatic carbocycles. The monoisotopic (exact) mass is 334 g/mol. The van der Waals surface area contributed by atoms with Crippen molar-refractivity contribution >= 4 is 23.3 Å². The topological polar surface area (TPSA) is 59.6 Å². The van der Waals surface area contributed by atoms with Gasteiger partial charge in [-0.05, 0) is 18.1 Å². The summed E-state index contributed by atoms with van der Waals surface area (Å²) in [6.07, 6.45) is 0. The predicted octanol–water partition coefficient (Wildman–Crippen LogP) is 3.99. The molecule has 0 unspecified atom stereocenters. The zero-order valence-electron chi connectivity index (χ0n) is 13.3. The van der Waals surface area contributed by atoms with E-state index >= 15 is 0 Å². The van der Waals surface area contributed by atoms with Gasteiger partial charge in [0, 0.05) is 18.7 Å². The molecule has 23 heavy (non-hydrogen) atoms. The lowest BCUT2D eigenvalue weighted by atomic mass is 10.1. The second-order valence-electron chi connectivity index (χ2n) is 4.92. The van der Waals surface area contributed by atoms with Crippen molar-refractivity contribution in [3.05, 3.63) is 52.5 Å². The quantitative estimate of drug-likeness (QED) is 0.869. The molecule has 0 atom stereocenters. The summed E-state index contributed by atoms with van der Waals surface area (Å²) in [5.74, 6) is 0.995. The number of rotatable bonds is 5. The van der Waals surface area contributed by atoms with E-state index in [1.807, 2.05) is 31.2 Å². The summed E-state index contributed by atoms with van der Waals surface area (Å²) >= 11 is 6.15. The number of carbonyl (C=O) groups is 1. The molecule has 0 fully saturated rings. The van der Waals surface area contributed by atoms with Crippen molar-refractivity contribution in [2.75, 3.05) is 19.5 Å². The highest BCUT2D eigenvalue weighted by Crippen LogP contribution is 2.35. The molecule has 0 heterocycles. The van der Waals surface area contributed by atoms with Crippen LogP contribution in [0.2, 0.25) is 5.02 Å². The van der Waals surface area contributed by atoms with Gasteiger partial charge in [-0.15, -0.1) is 0 Å². The van der Waals surface area contributed by atoms with Crippen molar-refractivity contribution in [2.24, 2.45) is 0 Å². The number of carbonyl (C=O) groups excluding carboxylic acids is 1. The van der Waals surface area contributed by atoms with Crippen molar-refractivity contribution < 1.29 is 14.3 Å². The molecule has 0 spiro atoms. The summed E-state index contributed by atoms with van der Waals surface area (Å²) in [7, 11) is 3.05. The van der Waals surface area contributed by atoms with Crippen LogP contribution in [-0.4, -0.2) is 20.3 Å². The number of benzene rings is 2. The van der Waals surface area contributed by atoms with Crippen LogP contribution in [0.5, 0.6) is 11.5 Å². The summed E-state index contributed by atoms with van der Waals surface area (Å²) in [5, 5.41) is 5.88. The van der Waals surface area contributed by atoms with Crippen LogP contribution in [0.1, 0.15) is 11.1 Å². The normalized spacial score (nSPS) is 10.1. The maximum Gasteiger partial charge on any atom is 0.319 e. The minimum Gasteiger partial charge on any atom is -0.493 e. The molecule has 122 valence electrons. The van der Waals surface area contributed by atoms with E-state index in [1.165, 1.54) is 14.2 Å². The predicted molar refractivity (Wildman–Crippen MR) is 91.6 cm³/mol. The Bertz CT molecular complexity index is 704. The van der Waals surface area contributed by atoms with E-state index in [0.717, 1.165) is 11.1 Å². The highest BCUT2D eigenvalue weighted by molar-refractivity contribution is 6.34. The molecule has 5 nitrogen and oxygen atoms in total. The van der Waals surface area contributed by atoms with Crippen LogP contribution in [0.15, 0.2) is 36.4 Å². The van der Waals surface area contributed by atoms with Crippen LogP contribution in [0.25, 0.3) is 0 Å². The second-order valence-corrected chi connectivity index (χ2v) is 5.33. The molecule has 0 aromatic heterocycles. The summed E-state index contributed by atoms with van der Waals surface area (Å²) in [4.78, 5) is 12.1. The van der Waals surface area contributed by atoms with Gasteiger partial charge in [-0.2, -0.15) is 0 Å². The van der Waals surface area contributed by atoms with Crippen LogP contribution in [-0.2, 0) is 6.54 Å². The Hall–Kier alpha value is -2.40. The fraction of sp³-hybridized carbons (Fsp3) is 0.235. The number of nitrogens with one attached hydrogen (secondary N) is 2. The number of ether oxygens (including phenoxy) is 2. The molecule has 0 saturated heterocycles. The maximum absolute atomic E-state index is 12.1. The van der Waals surface area contributed by atoms with Gasteiger partial charge in [0.25, 0.3) is 0 Å². The average molecular weight is 335 g/mol. The number of hydrogen-bond donors (Lipinski definition) is 2. The van der Waals surface area contributed by atoms with Crippen LogP contribution < -0.4 is 20.1 Å². The molecular formula is C17H19ClN2O3. The van der Waals surface area contributed by atoms with E-state index in [4.69, 9.17) is 21.1 Å². The number of halogens is 1. The van der Waals surface area contributed by atoms with Gasteiger partial charge in [0.2, 0.25) is 0 Å². The van der Waals surface area contributed by atoms with E-state index in [1.54, 1.807) is 12.1 Å². The lowest BCUT2D eigenvalue weighted by Crippen LogP contribution is -2.28. The standard InChI is InChI=1S/C17H19ClN2O3/c1-11-6-4-5-7-12(11)10-19-17(21)20-14-9-16(23-3)15(22-2)8-13(14)18/h4-9H,10H2,1-3H3,(H2,19,20,21). The SMILES string of the molecule is COc1cc(Cl)c(NC(=O)NCc2ccccc2C)cc1OC. The second kappa shape index (κ2) is 7.74. The van der Waals surface area contributed by atoms with Crippen LogP contribution in [0, 0.1) is 6.92 Å². The third-order valence-electron chi connectivity index (χ3n) is 3.42. The highest BCUT2D eigenvalue weighted by atomic mass is 35.5. The molecular weight excluding hydrogens is 316 g/mol. The van der Waals surface area contributed by atoms with Crippen molar-refractivity contribution in [3.8, 4) is 11.5 Å². The maximum atomic E-state index is 12.1. The zero-order chi connectivity index (χ0) is 16.8. The highest BCUT2D eigenvalue weighted by Gasteiger charge is 2.12. The first-order valence-corrected chi connectivity index (χ1v) is 7.43. The van der Waals surface area contributed by atoms with Crippen LogP contribution in [0.3, 0.4) is 0 Å². The van der Waals surface area contributed by atoms with E-state index < -0.39 is 0 Å². The molecule has 2 aromatic carbocycles. The molecule has 2 aromatic rings. The Morgan fingerprint density at radius 2 is 1.78 bits per heavy atom. The Morgan fingerprint density at radius 1 is 1.13 bits per heavy atom. The number of anilines is 1. The van der Waals surface area contributed by atoms with Gasteiger partial charge in [0.15, 0.2) is 11.5 Å². The molecule has 0 radical (unpaired) electrons. The van der Waals surface area contributed by atoms with Crippen molar-refractivity contribution in [1.29, 1.82) is 0 Å². The summed E-state index contributed by atoms with van der Waals surface area (Å²) < 4.78 is 10.4. The summed E-state index contributed by atoms with van der Waals surface area (Å²) in [5.41, 5.74) is 2.63. The van der Waals surface area contributed by atoms with Crippen molar-refractivity contribution in [3.63, 3.8) is 0 Å².